The van der Waals surface area contributed by atoms with Gasteiger partial charge in [-0.3, -0.25) is 0 Å². The van der Waals surface area contributed by atoms with Crippen LogP contribution in [0.25, 0.3) is 0 Å². The maximum absolute atomic E-state index is 3.72. The van der Waals surface area contributed by atoms with Gasteiger partial charge in [0.25, 0.3) is 0 Å². The normalized spacial score (nSPS) is 15.9. The van der Waals surface area contributed by atoms with E-state index >= 15 is 0 Å². The zero-order valence-corrected chi connectivity index (χ0v) is 8.06. The maximum atomic E-state index is 3.72. The quantitative estimate of drug-likeness (QED) is 0.581. The minimum atomic E-state index is 0.453. The highest BCUT2D eigenvalue weighted by Crippen LogP contribution is 2.02. The molecular formula is C10H21N. The molecule has 0 bridgehead atoms. The summed E-state index contributed by atoms with van der Waals surface area (Å²) >= 11 is 0. The minimum absolute atomic E-state index is 0.453. The van der Waals surface area contributed by atoms with Gasteiger partial charge >= 0.3 is 0 Å². The third-order valence-corrected chi connectivity index (χ3v) is 1.92. The monoisotopic (exact) mass is 155 g/mol. The van der Waals surface area contributed by atoms with Gasteiger partial charge in [-0.05, 0) is 25.8 Å². The third kappa shape index (κ3) is 6.11. The van der Waals surface area contributed by atoms with Crippen molar-refractivity contribution >= 4 is 0 Å². The summed E-state index contributed by atoms with van der Waals surface area (Å²) in [7, 11) is 0. The van der Waals surface area contributed by atoms with Gasteiger partial charge in [0, 0.05) is 6.04 Å². The van der Waals surface area contributed by atoms with Gasteiger partial charge in [0.05, 0.1) is 0 Å². The zero-order valence-electron chi connectivity index (χ0n) is 8.06. The fourth-order valence-corrected chi connectivity index (χ4v) is 1.07. The summed E-state index contributed by atoms with van der Waals surface area (Å²) < 4.78 is 0. The molecule has 0 aromatic rings. The second-order valence-electron chi connectivity index (χ2n) is 3.33. The van der Waals surface area contributed by atoms with Gasteiger partial charge in [0.1, 0.15) is 0 Å². The number of rotatable bonds is 6. The lowest BCUT2D eigenvalue weighted by Gasteiger charge is -2.13. The molecule has 2 atom stereocenters. The molecule has 0 spiro atoms. The summed E-state index contributed by atoms with van der Waals surface area (Å²) in [4.78, 5) is 0. The molecule has 0 amide bonds. The number of hydrogen-bond acceptors (Lipinski definition) is 1. The van der Waals surface area contributed by atoms with Crippen molar-refractivity contribution in [2.24, 2.45) is 5.92 Å². The fraction of sp³-hybridized carbons (Fsp3) is 0.800. The topological polar surface area (TPSA) is 12.0 Å². The predicted octanol–water partition coefficient (Wildman–Crippen LogP) is 2.59. The Labute approximate surface area is 70.9 Å². The van der Waals surface area contributed by atoms with E-state index in [9.17, 15) is 0 Å². The van der Waals surface area contributed by atoms with Gasteiger partial charge in [-0.1, -0.05) is 26.3 Å². The van der Waals surface area contributed by atoms with Crippen molar-refractivity contribution in [2.45, 2.75) is 39.7 Å². The minimum Gasteiger partial charge on any atom is -0.311 e. The van der Waals surface area contributed by atoms with E-state index in [2.05, 4.69) is 32.7 Å². The van der Waals surface area contributed by atoms with Gasteiger partial charge in [0.2, 0.25) is 0 Å². The van der Waals surface area contributed by atoms with E-state index in [0.29, 0.717) is 6.04 Å². The third-order valence-electron chi connectivity index (χ3n) is 1.92. The molecule has 1 N–H and O–H groups in total. The van der Waals surface area contributed by atoms with Gasteiger partial charge in [0.15, 0.2) is 0 Å². The van der Waals surface area contributed by atoms with Crippen LogP contribution in [0.1, 0.15) is 33.6 Å². The molecule has 0 saturated heterocycles. The molecule has 1 heteroatoms. The molecule has 0 aromatic heterocycles. The van der Waals surface area contributed by atoms with Crippen LogP contribution in [0.3, 0.4) is 0 Å². The summed E-state index contributed by atoms with van der Waals surface area (Å²) in [6.45, 7) is 11.5. The van der Waals surface area contributed by atoms with Crippen molar-refractivity contribution in [3.05, 3.63) is 12.7 Å². The van der Waals surface area contributed by atoms with Crippen LogP contribution in [-0.2, 0) is 0 Å². The van der Waals surface area contributed by atoms with E-state index < -0.39 is 0 Å². The van der Waals surface area contributed by atoms with Crippen LogP contribution in [0, 0.1) is 5.92 Å². The standard InChI is InChI=1S/C10H21N/c1-5-7-9(3)8-11-10(4)6-2/h6,9-11H,2,5,7-8H2,1,3-4H3/t9-,10+/m1/s1. The van der Waals surface area contributed by atoms with E-state index in [1.807, 2.05) is 6.08 Å². The Morgan fingerprint density at radius 3 is 2.55 bits per heavy atom. The van der Waals surface area contributed by atoms with Gasteiger partial charge in [-0.2, -0.15) is 0 Å². The Bertz CT molecular complexity index is 99.0. The second kappa shape index (κ2) is 6.41. The van der Waals surface area contributed by atoms with Crippen LogP contribution < -0.4 is 5.32 Å². The molecule has 0 aromatic carbocycles. The van der Waals surface area contributed by atoms with E-state index in [0.717, 1.165) is 12.5 Å². The van der Waals surface area contributed by atoms with Crippen molar-refractivity contribution in [1.29, 1.82) is 0 Å². The lowest BCUT2D eigenvalue weighted by atomic mass is 10.1. The molecule has 0 aliphatic rings. The van der Waals surface area contributed by atoms with Crippen LogP contribution in [-0.4, -0.2) is 12.6 Å². The summed E-state index contributed by atoms with van der Waals surface area (Å²) in [6.07, 6.45) is 4.54. The second-order valence-corrected chi connectivity index (χ2v) is 3.33. The first-order valence-corrected chi connectivity index (χ1v) is 4.56. The van der Waals surface area contributed by atoms with E-state index in [-0.39, 0.29) is 0 Å². The summed E-state index contributed by atoms with van der Waals surface area (Å²) in [6, 6.07) is 0.453. The average molecular weight is 155 g/mol. The molecule has 0 saturated carbocycles. The van der Waals surface area contributed by atoms with Crippen LogP contribution in [0.4, 0.5) is 0 Å². The molecule has 1 nitrogen and oxygen atoms in total. The SMILES string of the molecule is C=C[C@H](C)NC[C@H](C)CCC. The summed E-state index contributed by atoms with van der Waals surface area (Å²) in [5.74, 6) is 0.794. The van der Waals surface area contributed by atoms with E-state index in [1.165, 1.54) is 12.8 Å². The van der Waals surface area contributed by atoms with Crippen LogP contribution in [0.2, 0.25) is 0 Å². The predicted molar refractivity (Wildman–Crippen MR) is 51.7 cm³/mol. The summed E-state index contributed by atoms with van der Waals surface area (Å²) in [5.41, 5.74) is 0. The van der Waals surface area contributed by atoms with Crippen molar-refractivity contribution in [2.75, 3.05) is 6.54 Å². The highest BCUT2D eigenvalue weighted by molar-refractivity contribution is 4.81. The highest BCUT2D eigenvalue weighted by Gasteiger charge is 2.00. The van der Waals surface area contributed by atoms with Crippen molar-refractivity contribution in [1.82, 2.24) is 5.32 Å². The van der Waals surface area contributed by atoms with Crippen molar-refractivity contribution in [3.63, 3.8) is 0 Å². The molecule has 11 heavy (non-hydrogen) atoms. The molecule has 66 valence electrons. The smallest absolute Gasteiger partial charge is 0.0219 e. The lowest BCUT2D eigenvalue weighted by molar-refractivity contribution is 0.462. The van der Waals surface area contributed by atoms with Crippen LogP contribution >= 0.6 is 0 Å². The van der Waals surface area contributed by atoms with Crippen LogP contribution in [0.15, 0.2) is 12.7 Å². The molecular weight excluding hydrogens is 134 g/mol. The Kier molecular flexibility index (Phi) is 6.24. The Morgan fingerprint density at radius 2 is 2.09 bits per heavy atom. The van der Waals surface area contributed by atoms with Gasteiger partial charge in [-0.15, -0.1) is 6.58 Å². The molecule has 0 rings (SSSR count). The largest absolute Gasteiger partial charge is 0.311 e. The summed E-state index contributed by atoms with van der Waals surface area (Å²) in [5, 5.41) is 3.40. The van der Waals surface area contributed by atoms with Crippen LogP contribution in [0.5, 0.6) is 0 Å². The first-order chi connectivity index (χ1) is 5.20. The molecule has 0 aliphatic heterocycles. The first kappa shape index (κ1) is 10.7. The molecule has 0 radical (unpaired) electrons. The number of nitrogens with one attached hydrogen (secondary N) is 1. The molecule has 0 fully saturated rings. The zero-order chi connectivity index (χ0) is 8.69. The van der Waals surface area contributed by atoms with Gasteiger partial charge in [-0.25, -0.2) is 0 Å². The highest BCUT2D eigenvalue weighted by atomic mass is 14.9. The Hall–Kier alpha value is -0.300. The fourth-order valence-electron chi connectivity index (χ4n) is 1.07. The van der Waals surface area contributed by atoms with Crippen molar-refractivity contribution in [3.8, 4) is 0 Å². The molecule has 0 heterocycles. The molecule has 0 aliphatic carbocycles. The Morgan fingerprint density at radius 1 is 1.45 bits per heavy atom. The Balaban J connectivity index is 3.29. The number of hydrogen-bond donors (Lipinski definition) is 1. The van der Waals surface area contributed by atoms with E-state index in [1.54, 1.807) is 0 Å². The maximum Gasteiger partial charge on any atom is 0.0219 e. The first-order valence-electron chi connectivity index (χ1n) is 4.56. The van der Waals surface area contributed by atoms with Crippen molar-refractivity contribution < 1.29 is 0 Å². The van der Waals surface area contributed by atoms with E-state index in [4.69, 9.17) is 0 Å². The molecule has 0 unspecified atom stereocenters. The lowest BCUT2D eigenvalue weighted by Crippen LogP contribution is -2.28. The average Bonchev–Trinajstić information content (AvgIpc) is 2.01. The van der Waals surface area contributed by atoms with Gasteiger partial charge < -0.3 is 5.32 Å².